The number of pyridine rings is 1. The van der Waals surface area contributed by atoms with Crippen molar-refractivity contribution in [2.45, 2.75) is 13.5 Å². The summed E-state index contributed by atoms with van der Waals surface area (Å²) in [5.74, 6) is 0. The lowest BCUT2D eigenvalue weighted by molar-refractivity contribution is 1.15. The highest BCUT2D eigenvalue weighted by Crippen LogP contribution is 2.26. The summed E-state index contributed by atoms with van der Waals surface area (Å²) >= 11 is 9.49. The normalized spacial score (nSPS) is 10.8. The molecule has 0 aliphatic heterocycles. The summed E-state index contributed by atoms with van der Waals surface area (Å²) in [4.78, 5) is 4.51. The topological polar surface area (TPSA) is 24.9 Å². The lowest BCUT2D eigenvalue weighted by atomic mass is 10.1. The molecule has 0 fully saturated rings. The molecule has 0 spiro atoms. The largest absolute Gasteiger partial charge is 0.381 e. The van der Waals surface area contributed by atoms with Gasteiger partial charge in [0.25, 0.3) is 0 Å². The zero-order valence-corrected chi connectivity index (χ0v) is 13.9. The minimum absolute atomic E-state index is 0.707. The van der Waals surface area contributed by atoms with Crippen molar-refractivity contribution in [1.29, 1.82) is 0 Å². The van der Waals surface area contributed by atoms with E-state index in [2.05, 4.69) is 50.5 Å². The molecule has 1 N–H and O–H groups in total. The second kappa shape index (κ2) is 6.04. The second-order valence-corrected chi connectivity index (χ2v) is 6.22. The van der Waals surface area contributed by atoms with Crippen LogP contribution in [0.4, 0.5) is 5.69 Å². The lowest BCUT2D eigenvalue weighted by Crippen LogP contribution is -1.99. The molecule has 1 aromatic heterocycles. The smallest absolute Gasteiger partial charge is 0.0705 e. The molecule has 0 bridgehead atoms. The van der Waals surface area contributed by atoms with Crippen LogP contribution in [0.25, 0.3) is 10.9 Å². The molecule has 0 amide bonds. The maximum Gasteiger partial charge on any atom is 0.0705 e. The van der Waals surface area contributed by atoms with Crippen LogP contribution < -0.4 is 5.32 Å². The van der Waals surface area contributed by atoms with Crippen LogP contribution in [0.1, 0.15) is 11.3 Å². The number of aryl methyl sites for hydroxylation is 1. The van der Waals surface area contributed by atoms with E-state index in [0.29, 0.717) is 5.02 Å². The number of nitrogens with zero attached hydrogens (tertiary/aromatic N) is 1. The molecule has 3 aromatic rings. The van der Waals surface area contributed by atoms with Crippen molar-refractivity contribution < 1.29 is 0 Å². The summed E-state index contributed by atoms with van der Waals surface area (Å²) in [6.07, 6.45) is 0. The maximum absolute atomic E-state index is 6.09. The second-order valence-electron chi connectivity index (χ2n) is 4.96. The van der Waals surface area contributed by atoms with E-state index in [4.69, 9.17) is 11.6 Å². The van der Waals surface area contributed by atoms with E-state index in [1.807, 2.05) is 31.2 Å². The van der Waals surface area contributed by atoms with Gasteiger partial charge in [-0.15, -0.1) is 0 Å². The summed E-state index contributed by atoms with van der Waals surface area (Å²) in [6.45, 7) is 2.76. The number of fused-ring (bicyclic) bond motifs is 1. The van der Waals surface area contributed by atoms with Gasteiger partial charge in [0.15, 0.2) is 0 Å². The van der Waals surface area contributed by atoms with Gasteiger partial charge >= 0.3 is 0 Å². The zero-order chi connectivity index (χ0) is 14.8. The Bertz CT molecular complexity index is 802. The van der Waals surface area contributed by atoms with Gasteiger partial charge in [0.05, 0.1) is 10.5 Å². The van der Waals surface area contributed by atoms with E-state index in [1.165, 1.54) is 5.56 Å². The number of nitrogens with one attached hydrogen (secondary N) is 1. The van der Waals surface area contributed by atoms with Crippen LogP contribution in [0.2, 0.25) is 5.02 Å². The molecule has 2 nitrogen and oxygen atoms in total. The van der Waals surface area contributed by atoms with Gasteiger partial charge in [0.1, 0.15) is 0 Å². The number of hydrogen-bond donors (Lipinski definition) is 1. The first-order valence-electron chi connectivity index (χ1n) is 6.67. The molecule has 3 rings (SSSR count). The number of anilines is 1. The van der Waals surface area contributed by atoms with Crippen molar-refractivity contribution in [2.24, 2.45) is 0 Å². The third-order valence-electron chi connectivity index (χ3n) is 3.31. The Morgan fingerprint density at radius 1 is 1.10 bits per heavy atom. The minimum atomic E-state index is 0.707. The molecule has 0 saturated carbocycles. The SMILES string of the molecule is Cc1ccc2cc(CNc3ccc(Br)c(Cl)c3)ccc2n1. The van der Waals surface area contributed by atoms with Crippen LogP contribution in [0.3, 0.4) is 0 Å². The van der Waals surface area contributed by atoms with E-state index in [1.54, 1.807) is 0 Å². The molecule has 4 heteroatoms. The van der Waals surface area contributed by atoms with E-state index >= 15 is 0 Å². The van der Waals surface area contributed by atoms with Crippen LogP contribution in [0.5, 0.6) is 0 Å². The monoisotopic (exact) mass is 360 g/mol. The first-order chi connectivity index (χ1) is 10.1. The molecule has 0 radical (unpaired) electrons. The van der Waals surface area contributed by atoms with Gasteiger partial charge < -0.3 is 5.32 Å². The summed E-state index contributed by atoms with van der Waals surface area (Å²) in [6, 6.07) is 16.3. The highest BCUT2D eigenvalue weighted by atomic mass is 79.9. The Kier molecular flexibility index (Phi) is 4.13. The summed E-state index contributed by atoms with van der Waals surface area (Å²) in [7, 11) is 0. The fourth-order valence-electron chi connectivity index (χ4n) is 2.20. The van der Waals surface area contributed by atoms with Crippen molar-refractivity contribution in [3.8, 4) is 0 Å². The molecule has 1 heterocycles. The van der Waals surface area contributed by atoms with Gasteiger partial charge in [-0.2, -0.15) is 0 Å². The summed E-state index contributed by atoms with van der Waals surface area (Å²) in [5.41, 5.74) is 4.29. The zero-order valence-electron chi connectivity index (χ0n) is 11.5. The van der Waals surface area contributed by atoms with Crippen LogP contribution in [0.15, 0.2) is 53.0 Å². The standard InChI is InChI=1S/C17H14BrClN2/c1-11-2-4-13-8-12(3-7-17(13)21-11)10-20-14-5-6-15(18)16(19)9-14/h2-9,20H,10H2,1H3. The van der Waals surface area contributed by atoms with E-state index < -0.39 is 0 Å². The van der Waals surface area contributed by atoms with E-state index in [9.17, 15) is 0 Å². The molecule has 0 unspecified atom stereocenters. The third kappa shape index (κ3) is 3.36. The first kappa shape index (κ1) is 14.4. The Morgan fingerprint density at radius 2 is 1.95 bits per heavy atom. The van der Waals surface area contributed by atoms with Crippen molar-refractivity contribution in [1.82, 2.24) is 4.98 Å². The van der Waals surface area contributed by atoms with Gasteiger partial charge in [-0.1, -0.05) is 23.7 Å². The predicted molar refractivity (Wildman–Crippen MR) is 93.0 cm³/mol. The van der Waals surface area contributed by atoms with Crippen LogP contribution >= 0.6 is 27.5 Å². The third-order valence-corrected chi connectivity index (χ3v) is 4.54. The summed E-state index contributed by atoms with van der Waals surface area (Å²) < 4.78 is 0.905. The van der Waals surface area contributed by atoms with Crippen molar-refractivity contribution in [2.75, 3.05) is 5.32 Å². The van der Waals surface area contributed by atoms with Crippen molar-refractivity contribution in [3.05, 3.63) is 69.3 Å². The maximum atomic E-state index is 6.09. The van der Waals surface area contributed by atoms with Gasteiger partial charge in [-0.05, 0) is 64.8 Å². The van der Waals surface area contributed by atoms with Gasteiger partial charge in [0, 0.05) is 27.8 Å². The van der Waals surface area contributed by atoms with Crippen molar-refractivity contribution in [3.63, 3.8) is 0 Å². The molecular formula is C17H14BrClN2. The quantitative estimate of drug-likeness (QED) is 0.659. The van der Waals surface area contributed by atoms with Crippen molar-refractivity contribution >= 4 is 44.1 Å². The fourth-order valence-corrected chi connectivity index (χ4v) is 2.62. The molecule has 106 valence electrons. The summed E-state index contributed by atoms with van der Waals surface area (Å²) in [5, 5.41) is 5.25. The Balaban J connectivity index is 1.78. The van der Waals surface area contributed by atoms with Gasteiger partial charge in [-0.25, -0.2) is 0 Å². The molecule has 0 atom stereocenters. The minimum Gasteiger partial charge on any atom is -0.381 e. The number of halogens is 2. The van der Waals surface area contributed by atoms with Crippen LogP contribution in [-0.4, -0.2) is 4.98 Å². The number of aromatic nitrogens is 1. The lowest BCUT2D eigenvalue weighted by Gasteiger charge is -2.08. The number of rotatable bonds is 3. The molecule has 0 saturated heterocycles. The molecular weight excluding hydrogens is 348 g/mol. The Morgan fingerprint density at radius 3 is 2.76 bits per heavy atom. The highest BCUT2D eigenvalue weighted by molar-refractivity contribution is 9.10. The first-order valence-corrected chi connectivity index (χ1v) is 7.84. The number of hydrogen-bond acceptors (Lipinski definition) is 2. The Labute approximate surface area is 137 Å². The highest BCUT2D eigenvalue weighted by Gasteiger charge is 2.01. The fraction of sp³-hybridized carbons (Fsp3) is 0.118. The van der Waals surface area contributed by atoms with Gasteiger partial charge in [0.2, 0.25) is 0 Å². The molecule has 21 heavy (non-hydrogen) atoms. The number of benzene rings is 2. The average molecular weight is 362 g/mol. The average Bonchev–Trinajstić information content (AvgIpc) is 2.48. The van der Waals surface area contributed by atoms with Crippen LogP contribution in [-0.2, 0) is 6.54 Å². The van der Waals surface area contributed by atoms with Crippen LogP contribution in [0, 0.1) is 6.92 Å². The molecule has 2 aromatic carbocycles. The Hall–Kier alpha value is -1.58. The predicted octanol–water partition coefficient (Wildman–Crippen LogP) is 5.57. The van der Waals surface area contributed by atoms with Gasteiger partial charge in [-0.3, -0.25) is 4.98 Å². The molecule has 0 aliphatic rings. The molecule has 0 aliphatic carbocycles. The van der Waals surface area contributed by atoms with E-state index in [0.717, 1.165) is 33.3 Å². The van der Waals surface area contributed by atoms with E-state index in [-0.39, 0.29) is 0 Å².